The van der Waals surface area contributed by atoms with Gasteiger partial charge in [-0.05, 0) is 38.0 Å². The zero-order chi connectivity index (χ0) is 17.7. The summed E-state index contributed by atoms with van der Waals surface area (Å²) in [4.78, 5) is 25.2. The highest BCUT2D eigenvalue weighted by atomic mass is 32.1. The maximum Gasteiger partial charge on any atom is 0.260 e. The predicted molar refractivity (Wildman–Crippen MR) is 97.1 cm³/mol. The molecule has 2 amide bonds. The molecule has 1 aromatic carbocycles. The van der Waals surface area contributed by atoms with E-state index in [0.29, 0.717) is 28.5 Å². The van der Waals surface area contributed by atoms with Gasteiger partial charge in [0.15, 0.2) is 0 Å². The average molecular weight is 346 g/mol. The fourth-order valence-electron chi connectivity index (χ4n) is 2.29. The first-order valence-corrected chi connectivity index (χ1v) is 8.70. The summed E-state index contributed by atoms with van der Waals surface area (Å²) in [5, 5.41) is 3.28. The standard InChI is InChI=1S/C18H22N2O3S/c1-4-5-10-23-14-9-7-6-8-13(14)17(22)20-18-15(16(19)21)11(2)12(3)24-18/h6-9H,4-5,10H2,1-3H3,(H2,19,21)(H,20,22). The third-order valence-corrected chi connectivity index (χ3v) is 4.87. The summed E-state index contributed by atoms with van der Waals surface area (Å²) in [5.74, 6) is -0.320. The normalized spacial score (nSPS) is 10.5. The molecule has 6 heteroatoms. The molecule has 1 heterocycles. The summed E-state index contributed by atoms with van der Waals surface area (Å²) in [7, 11) is 0. The Labute approximate surface area is 145 Å². The number of hydrogen-bond donors (Lipinski definition) is 2. The summed E-state index contributed by atoms with van der Waals surface area (Å²) in [6.45, 7) is 6.35. The van der Waals surface area contributed by atoms with Crippen LogP contribution in [0.4, 0.5) is 5.00 Å². The van der Waals surface area contributed by atoms with Crippen molar-refractivity contribution in [2.24, 2.45) is 5.73 Å². The highest BCUT2D eigenvalue weighted by molar-refractivity contribution is 7.16. The van der Waals surface area contributed by atoms with Gasteiger partial charge in [0.1, 0.15) is 10.8 Å². The average Bonchev–Trinajstić information content (AvgIpc) is 2.82. The van der Waals surface area contributed by atoms with Crippen LogP contribution in [0.1, 0.15) is 50.9 Å². The number of rotatable bonds is 7. The Morgan fingerprint density at radius 1 is 1.25 bits per heavy atom. The Bertz CT molecular complexity index is 753. The summed E-state index contributed by atoms with van der Waals surface area (Å²) in [5.41, 5.74) is 7.06. The van der Waals surface area contributed by atoms with E-state index in [1.54, 1.807) is 18.2 Å². The van der Waals surface area contributed by atoms with E-state index in [0.717, 1.165) is 23.3 Å². The van der Waals surface area contributed by atoms with Crippen LogP contribution in [-0.4, -0.2) is 18.4 Å². The number of benzene rings is 1. The molecule has 0 saturated carbocycles. The van der Waals surface area contributed by atoms with Crippen molar-refractivity contribution in [3.63, 3.8) is 0 Å². The maximum atomic E-state index is 12.6. The quantitative estimate of drug-likeness (QED) is 0.746. The summed E-state index contributed by atoms with van der Waals surface area (Å²) in [6.07, 6.45) is 1.94. The second-order valence-corrected chi connectivity index (χ2v) is 6.73. The van der Waals surface area contributed by atoms with E-state index in [2.05, 4.69) is 12.2 Å². The second kappa shape index (κ2) is 7.97. The van der Waals surface area contributed by atoms with Crippen LogP contribution in [0.15, 0.2) is 24.3 Å². The lowest BCUT2D eigenvalue weighted by Gasteiger charge is -2.11. The van der Waals surface area contributed by atoms with E-state index in [4.69, 9.17) is 10.5 Å². The number of anilines is 1. The number of thiophene rings is 1. The van der Waals surface area contributed by atoms with Crippen molar-refractivity contribution in [2.45, 2.75) is 33.6 Å². The number of para-hydroxylation sites is 1. The molecule has 0 bridgehead atoms. The van der Waals surface area contributed by atoms with Crippen LogP contribution in [0.2, 0.25) is 0 Å². The number of nitrogens with one attached hydrogen (secondary N) is 1. The Balaban J connectivity index is 2.25. The van der Waals surface area contributed by atoms with Gasteiger partial charge in [0, 0.05) is 4.88 Å². The minimum atomic E-state index is -0.542. The highest BCUT2D eigenvalue weighted by Gasteiger charge is 2.20. The van der Waals surface area contributed by atoms with E-state index in [-0.39, 0.29) is 5.91 Å². The monoisotopic (exact) mass is 346 g/mol. The lowest BCUT2D eigenvalue weighted by Crippen LogP contribution is -2.18. The first-order valence-electron chi connectivity index (χ1n) is 7.88. The molecule has 0 radical (unpaired) electrons. The first kappa shape index (κ1) is 18.0. The molecular formula is C18H22N2O3S. The molecule has 0 atom stereocenters. The minimum Gasteiger partial charge on any atom is -0.493 e. The van der Waals surface area contributed by atoms with Crippen molar-refractivity contribution >= 4 is 28.2 Å². The van der Waals surface area contributed by atoms with E-state index in [9.17, 15) is 9.59 Å². The van der Waals surface area contributed by atoms with Crippen LogP contribution in [-0.2, 0) is 0 Å². The van der Waals surface area contributed by atoms with Crippen molar-refractivity contribution in [3.05, 3.63) is 45.8 Å². The first-order chi connectivity index (χ1) is 11.5. The molecule has 2 aromatic rings. The van der Waals surface area contributed by atoms with Crippen LogP contribution in [0.3, 0.4) is 0 Å². The molecule has 0 aliphatic rings. The molecular weight excluding hydrogens is 324 g/mol. The SMILES string of the molecule is CCCCOc1ccccc1C(=O)Nc1sc(C)c(C)c1C(N)=O. The van der Waals surface area contributed by atoms with Gasteiger partial charge in [0.2, 0.25) is 0 Å². The number of hydrogen-bond acceptors (Lipinski definition) is 4. The van der Waals surface area contributed by atoms with Gasteiger partial charge < -0.3 is 15.8 Å². The van der Waals surface area contributed by atoms with Crippen molar-refractivity contribution in [3.8, 4) is 5.75 Å². The number of carbonyl (C=O) groups excluding carboxylic acids is 2. The van der Waals surface area contributed by atoms with Crippen LogP contribution in [0.5, 0.6) is 5.75 Å². The molecule has 0 unspecified atom stereocenters. The Kier molecular flexibility index (Phi) is 5.98. The van der Waals surface area contributed by atoms with Crippen LogP contribution in [0.25, 0.3) is 0 Å². The Morgan fingerprint density at radius 3 is 2.62 bits per heavy atom. The van der Waals surface area contributed by atoms with Gasteiger partial charge in [-0.3, -0.25) is 9.59 Å². The smallest absolute Gasteiger partial charge is 0.260 e. The number of primary amides is 1. The van der Waals surface area contributed by atoms with Gasteiger partial charge in [0.05, 0.1) is 17.7 Å². The molecule has 0 aliphatic carbocycles. The fraction of sp³-hybridized carbons (Fsp3) is 0.333. The molecule has 2 rings (SSSR count). The molecule has 24 heavy (non-hydrogen) atoms. The lowest BCUT2D eigenvalue weighted by molar-refractivity contribution is 0.100. The number of nitrogens with two attached hydrogens (primary N) is 1. The van der Waals surface area contributed by atoms with Crippen molar-refractivity contribution in [1.82, 2.24) is 0 Å². The van der Waals surface area contributed by atoms with Crippen molar-refractivity contribution in [2.75, 3.05) is 11.9 Å². The largest absolute Gasteiger partial charge is 0.493 e. The van der Waals surface area contributed by atoms with Gasteiger partial charge in [-0.2, -0.15) is 0 Å². The molecule has 0 aliphatic heterocycles. The fourth-order valence-corrected chi connectivity index (χ4v) is 3.35. The van der Waals surface area contributed by atoms with Gasteiger partial charge >= 0.3 is 0 Å². The highest BCUT2D eigenvalue weighted by Crippen LogP contribution is 2.33. The third-order valence-electron chi connectivity index (χ3n) is 3.75. The Morgan fingerprint density at radius 2 is 1.96 bits per heavy atom. The van der Waals surface area contributed by atoms with Gasteiger partial charge in [0.25, 0.3) is 11.8 Å². The van der Waals surface area contributed by atoms with Crippen LogP contribution < -0.4 is 15.8 Å². The van der Waals surface area contributed by atoms with Gasteiger partial charge in [-0.15, -0.1) is 11.3 Å². The summed E-state index contributed by atoms with van der Waals surface area (Å²) >= 11 is 1.35. The maximum absolute atomic E-state index is 12.6. The Hall–Kier alpha value is -2.34. The molecule has 128 valence electrons. The number of unbranched alkanes of at least 4 members (excludes halogenated alkanes) is 1. The summed E-state index contributed by atoms with van der Waals surface area (Å²) < 4.78 is 5.69. The van der Waals surface area contributed by atoms with Crippen molar-refractivity contribution in [1.29, 1.82) is 0 Å². The van der Waals surface area contributed by atoms with Gasteiger partial charge in [-0.1, -0.05) is 25.5 Å². The molecule has 0 saturated heterocycles. The molecule has 0 spiro atoms. The molecule has 5 nitrogen and oxygen atoms in total. The third kappa shape index (κ3) is 3.94. The lowest BCUT2D eigenvalue weighted by atomic mass is 10.1. The number of aryl methyl sites for hydroxylation is 1. The zero-order valence-corrected chi connectivity index (χ0v) is 15.0. The number of carbonyl (C=O) groups is 2. The number of amides is 2. The topological polar surface area (TPSA) is 81.4 Å². The predicted octanol–water partition coefficient (Wildman–Crippen LogP) is 3.90. The summed E-state index contributed by atoms with van der Waals surface area (Å²) in [6, 6.07) is 7.08. The van der Waals surface area contributed by atoms with Crippen LogP contribution in [0, 0.1) is 13.8 Å². The van der Waals surface area contributed by atoms with Crippen LogP contribution >= 0.6 is 11.3 Å². The van der Waals surface area contributed by atoms with E-state index in [1.165, 1.54) is 11.3 Å². The van der Waals surface area contributed by atoms with Crippen molar-refractivity contribution < 1.29 is 14.3 Å². The second-order valence-electron chi connectivity index (χ2n) is 5.50. The van der Waals surface area contributed by atoms with E-state index < -0.39 is 5.91 Å². The number of ether oxygens (including phenoxy) is 1. The van der Waals surface area contributed by atoms with E-state index in [1.807, 2.05) is 19.9 Å². The minimum absolute atomic E-state index is 0.314. The molecule has 3 N–H and O–H groups in total. The van der Waals surface area contributed by atoms with E-state index >= 15 is 0 Å². The van der Waals surface area contributed by atoms with Gasteiger partial charge in [-0.25, -0.2) is 0 Å². The molecule has 1 aromatic heterocycles. The zero-order valence-electron chi connectivity index (χ0n) is 14.1. The molecule has 0 fully saturated rings.